The number of Topliss-reactive ketones (excluding diaryl/α,β-unsaturated/α-hetero) is 3. The summed E-state index contributed by atoms with van der Waals surface area (Å²) < 4.78 is 63.2. The number of nitro groups is 1. The molecule has 0 spiro atoms. The average molecular weight is 1220 g/mol. The lowest BCUT2D eigenvalue weighted by molar-refractivity contribution is -0.385. The van der Waals surface area contributed by atoms with Crippen molar-refractivity contribution >= 4 is 105 Å². The van der Waals surface area contributed by atoms with Gasteiger partial charge in [0.2, 0.25) is 5.91 Å². The number of para-hydroxylation sites is 1. The summed E-state index contributed by atoms with van der Waals surface area (Å²) >= 11 is 11.8. The summed E-state index contributed by atoms with van der Waals surface area (Å²) in [6, 6.07) is 11.0. The molecule has 2 aliphatic carbocycles. The summed E-state index contributed by atoms with van der Waals surface area (Å²) in [6.45, 7) is 8.05. The number of hydrogen-bond donors (Lipinski definition) is 4. The third-order valence-corrected chi connectivity index (χ3v) is 14.6. The fourth-order valence-corrected chi connectivity index (χ4v) is 9.94. The van der Waals surface area contributed by atoms with Gasteiger partial charge in [0.1, 0.15) is 23.4 Å². The van der Waals surface area contributed by atoms with Crippen LogP contribution in [0, 0.1) is 28.8 Å². The van der Waals surface area contributed by atoms with Gasteiger partial charge in [-0.2, -0.15) is 0 Å². The Morgan fingerprint density at radius 2 is 1.58 bits per heavy atom. The largest absolute Gasteiger partial charge is 0.480 e. The van der Waals surface area contributed by atoms with Crippen LogP contribution in [0.4, 0.5) is 21.5 Å². The molecule has 81 heavy (non-hydrogen) atoms. The first kappa shape index (κ1) is 69.0. The predicted molar refractivity (Wildman–Crippen MR) is 296 cm³/mol. The van der Waals surface area contributed by atoms with E-state index in [0.29, 0.717) is 43.6 Å². The molecule has 4 N–H and O–H groups in total. The van der Waals surface area contributed by atoms with E-state index in [2.05, 4.69) is 18.3 Å². The van der Waals surface area contributed by atoms with Crippen molar-refractivity contribution in [1.82, 2.24) is 5.32 Å². The van der Waals surface area contributed by atoms with Gasteiger partial charge in [0, 0.05) is 49.5 Å². The lowest BCUT2D eigenvalue weighted by Crippen LogP contribution is -2.43. The molecule has 0 bridgehead atoms. The van der Waals surface area contributed by atoms with Gasteiger partial charge in [0.15, 0.2) is 33.8 Å². The Hall–Kier alpha value is -6.31. The van der Waals surface area contributed by atoms with Crippen LogP contribution < -0.4 is 19.9 Å². The number of benzene rings is 3. The first-order chi connectivity index (χ1) is 38.0. The van der Waals surface area contributed by atoms with E-state index >= 15 is 0 Å². The molecule has 1 heterocycles. The molecule has 6 rings (SSSR count). The first-order valence-corrected chi connectivity index (χ1v) is 30.0. The van der Waals surface area contributed by atoms with Gasteiger partial charge in [0.25, 0.3) is 17.5 Å². The van der Waals surface area contributed by atoms with Crippen molar-refractivity contribution in [2.75, 3.05) is 61.7 Å². The first-order valence-electron chi connectivity index (χ1n) is 25.4. The number of nitrogens with zero attached hydrogens (tertiary/aromatic N) is 3. The minimum atomic E-state index is -4.10. The molecule has 28 heteroatoms. The third-order valence-electron chi connectivity index (χ3n) is 12.4. The number of carboxylic acids is 1. The highest BCUT2D eigenvalue weighted by Crippen LogP contribution is 2.40. The molecule has 0 radical (unpaired) electrons. The number of unbranched alkanes of at least 4 members (excludes halogenated alkanes) is 2. The Morgan fingerprint density at radius 3 is 2.10 bits per heavy atom. The Morgan fingerprint density at radius 1 is 0.963 bits per heavy atom. The predicted octanol–water partition coefficient (Wildman–Crippen LogP) is 7.41. The molecular weight excluding hydrogens is 1150 g/mol. The molecule has 3 aromatic rings. The number of carbonyl (C=O) groups excluding carboxylic acids is 7. The number of esters is 1. The van der Waals surface area contributed by atoms with E-state index in [1.54, 1.807) is 12.0 Å². The highest BCUT2D eigenvalue weighted by atomic mass is 35.5. The lowest BCUT2D eigenvalue weighted by Gasteiger charge is -2.31. The molecular formula is C53H66Cl2FN4O19PS. The van der Waals surface area contributed by atoms with Crippen LogP contribution in [-0.4, -0.2) is 133 Å². The topological polar surface area (TPSA) is 338 Å². The van der Waals surface area contributed by atoms with Crippen molar-refractivity contribution in [3.05, 3.63) is 97.3 Å². The molecule has 3 aliphatic rings. The van der Waals surface area contributed by atoms with Crippen molar-refractivity contribution in [3.63, 3.8) is 0 Å². The van der Waals surface area contributed by atoms with Crippen molar-refractivity contribution in [3.8, 4) is 5.75 Å². The molecule has 1 fully saturated rings. The molecule has 3 amide bonds. The van der Waals surface area contributed by atoms with Crippen molar-refractivity contribution in [2.45, 2.75) is 109 Å². The third kappa shape index (κ3) is 20.3. The maximum absolute atomic E-state index is 14.5. The SMILES string of the molecule is CCCCCOC(=O)COc1cc(N2C(=O)C3=C(CCCC3)C2=O)c(F)cc1Cl.CCc1cccc(C)c1N(C(=O)CCl)C(C)COC.CS(=O)(=O)c1ccc(C(=O)C2C(=O)CCCC2=O)c([N+](=O)[O-])c1.O=C(O)CNCP(=O)(O)O. The number of amides is 3. The fourth-order valence-electron chi connectivity index (χ4n) is 8.56. The molecule has 1 atom stereocenters. The smallest absolute Gasteiger partial charge is 0.344 e. The molecule has 1 saturated carbocycles. The molecule has 1 unspecified atom stereocenters. The van der Waals surface area contributed by atoms with Crippen LogP contribution in [0.2, 0.25) is 5.02 Å². The number of rotatable bonds is 22. The number of nitrogens with one attached hydrogen (secondary N) is 1. The summed E-state index contributed by atoms with van der Waals surface area (Å²) in [6.07, 6.45) is 7.05. The van der Waals surface area contributed by atoms with E-state index in [9.17, 15) is 65.8 Å². The number of carboxylic acid groups (broad SMARTS) is 1. The van der Waals surface area contributed by atoms with E-state index in [4.69, 9.17) is 52.3 Å². The van der Waals surface area contributed by atoms with Gasteiger partial charge in [-0.3, -0.25) is 53.6 Å². The number of methoxy groups -OCH3 is 1. The number of carbonyl (C=O) groups is 8. The minimum absolute atomic E-state index is 0.000883. The van der Waals surface area contributed by atoms with Crippen LogP contribution in [0.15, 0.2) is 64.6 Å². The summed E-state index contributed by atoms with van der Waals surface area (Å²) in [7, 11) is -6.16. The fraction of sp³-hybridized carbons (Fsp3) is 0.472. The van der Waals surface area contributed by atoms with Gasteiger partial charge in [-0.15, -0.1) is 11.6 Å². The second-order valence-electron chi connectivity index (χ2n) is 18.6. The summed E-state index contributed by atoms with van der Waals surface area (Å²) in [4.78, 5) is 124. The van der Waals surface area contributed by atoms with Gasteiger partial charge in [-0.05, 0) is 88.1 Å². The number of sulfone groups is 1. The molecule has 444 valence electrons. The molecule has 3 aromatic carbocycles. The van der Waals surface area contributed by atoms with Crippen molar-refractivity contribution in [1.29, 1.82) is 0 Å². The molecule has 0 aromatic heterocycles. The number of nitro benzene ring substituents is 1. The Kier molecular flexibility index (Phi) is 27.6. The summed E-state index contributed by atoms with van der Waals surface area (Å²) in [5, 5.41) is 21.1. The molecule has 0 saturated heterocycles. The van der Waals surface area contributed by atoms with Crippen LogP contribution in [0.3, 0.4) is 0 Å². The second-order valence-corrected chi connectivity index (χ2v) is 23.0. The van der Waals surface area contributed by atoms with Crippen LogP contribution in [0.25, 0.3) is 0 Å². The Bertz CT molecular complexity index is 3000. The van der Waals surface area contributed by atoms with Gasteiger partial charge < -0.3 is 34.0 Å². The van der Waals surface area contributed by atoms with E-state index in [1.807, 2.05) is 32.9 Å². The number of alkyl halides is 1. The Balaban J connectivity index is 0.000000299. The quantitative estimate of drug-likeness (QED) is 0.00875. The van der Waals surface area contributed by atoms with Crippen molar-refractivity contribution < 1.29 is 89.8 Å². The van der Waals surface area contributed by atoms with Gasteiger partial charge in [-0.25, -0.2) is 22.5 Å². The number of ketones is 3. The minimum Gasteiger partial charge on any atom is -0.480 e. The number of anilines is 2. The highest BCUT2D eigenvalue weighted by Gasteiger charge is 2.42. The maximum atomic E-state index is 14.5. The van der Waals surface area contributed by atoms with Gasteiger partial charge >= 0.3 is 19.5 Å². The molecule has 1 aliphatic heterocycles. The average Bonchev–Trinajstić information content (AvgIpc) is 3.79. The zero-order valence-corrected chi connectivity index (χ0v) is 48.7. The van der Waals surface area contributed by atoms with Crippen LogP contribution in [0.1, 0.15) is 106 Å². The zero-order valence-electron chi connectivity index (χ0n) is 45.5. The Labute approximate surface area is 477 Å². The van der Waals surface area contributed by atoms with Gasteiger partial charge in [-0.1, -0.05) is 56.5 Å². The standard InChI is InChI=1S/C21H23ClFNO5.C15H22ClNO2.C14H13NO7S.C3H8NO5P/c1-2-3-6-9-28-19(25)12-29-18-11-17(16(23)10-15(18)22)24-20(26)13-7-4-5-8-14(13)21(24)27;1-5-13-8-6-7-11(2)15(13)17(14(18)9-16)12(3)10-19-4;1-23(21,22)8-5-6-9(10(7-8)15(19)20)14(18)13-11(16)3-2-4-12(13)17;5-3(6)1-4-2-10(7,8)9/h10-11H,2-9,12H2,1H3;6-8,12H,5,9-10H2,1-4H3;5-7,13H,2-4H2,1H3;4H,1-2H2,(H,5,6)(H2,7,8,9). The van der Waals surface area contributed by atoms with E-state index in [-0.39, 0.29) is 52.0 Å². The number of ether oxygens (including phenoxy) is 3. The van der Waals surface area contributed by atoms with E-state index in [1.165, 1.54) is 6.07 Å². The summed E-state index contributed by atoms with van der Waals surface area (Å²) in [5.41, 5.74) is 2.72. The van der Waals surface area contributed by atoms with Gasteiger partial charge in [0.05, 0.1) is 63.9 Å². The zero-order chi connectivity index (χ0) is 60.9. The van der Waals surface area contributed by atoms with Crippen molar-refractivity contribution in [2.24, 2.45) is 5.92 Å². The second kappa shape index (κ2) is 32.4. The normalized spacial score (nSPS) is 14.8. The number of imide groups is 1. The number of aryl methyl sites for hydroxylation is 2. The monoisotopic (exact) mass is 1210 g/mol. The number of hydrogen-bond acceptors (Lipinski definition) is 17. The van der Waals surface area contributed by atoms with E-state index in [0.717, 1.165) is 90.8 Å². The lowest BCUT2D eigenvalue weighted by atomic mass is 9.81. The number of halogens is 3. The van der Waals surface area contributed by atoms with Crippen LogP contribution in [0.5, 0.6) is 5.75 Å². The maximum Gasteiger partial charge on any atom is 0.344 e. The van der Waals surface area contributed by atoms with Crippen LogP contribution in [-0.2, 0) is 63.9 Å². The van der Waals surface area contributed by atoms with Crippen LogP contribution >= 0.6 is 30.8 Å². The molecule has 23 nitrogen and oxygen atoms in total. The number of aliphatic carboxylic acids is 1. The highest BCUT2D eigenvalue weighted by molar-refractivity contribution is 7.90. The van der Waals surface area contributed by atoms with E-state index < -0.39 is 106 Å². The summed E-state index contributed by atoms with van der Waals surface area (Å²) in [5.74, 6) is -7.27.